The Balaban J connectivity index is 1.90. The van der Waals surface area contributed by atoms with E-state index in [1.807, 2.05) is 30.0 Å². The van der Waals surface area contributed by atoms with Crippen molar-refractivity contribution < 1.29 is 19.4 Å². The normalized spacial score (nSPS) is 21.8. The van der Waals surface area contributed by atoms with Gasteiger partial charge in [0.1, 0.15) is 5.75 Å². The Morgan fingerprint density at radius 1 is 1.24 bits per heavy atom. The van der Waals surface area contributed by atoms with Gasteiger partial charge in [-0.3, -0.25) is 14.5 Å². The fourth-order valence-electron chi connectivity index (χ4n) is 6.01. The van der Waals surface area contributed by atoms with E-state index in [1.54, 1.807) is 0 Å². The summed E-state index contributed by atoms with van der Waals surface area (Å²) < 4.78 is 5.68. The molecular weight excluding hydrogens is 466 g/mol. The van der Waals surface area contributed by atoms with Gasteiger partial charge in [-0.15, -0.1) is 0 Å². The Bertz CT molecular complexity index is 945. The van der Waals surface area contributed by atoms with Crippen LogP contribution in [0.15, 0.2) is 30.4 Å². The van der Waals surface area contributed by atoms with Crippen molar-refractivity contribution >= 4 is 11.9 Å². The molecule has 0 aromatic heterocycles. The molecule has 0 aliphatic carbocycles. The van der Waals surface area contributed by atoms with Crippen LogP contribution in [-0.2, 0) is 16.0 Å². The number of carbonyl (C=O) groups excluding carboxylic acids is 1. The van der Waals surface area contributed by atoms with Crippen LogP contribution < -0.4 is 10.5 Å². The Labute approximate surface area is 223 Å². The van der Waals surface area contributed by atoms with E-state index in [1.165, 1.54) is 0 Å². The molecule has 1 aromatic carbocycles. The standard InChI is InChI=1S/C30H47N3O4/c1-5-7-15-32(16-9-8-14-31)27(34)21-33-20-24(22-10-11-26-23(18-22)12-17-37-26)28(29(35)36)25(33)19-30(3,4)13-6-2/h6,10-11,13,18,24-25,28H,5,7-9,12,14-17,19-21,31H2,1-4H3,(H,35,36)/b13-6+. The predicted molar refractivity (Wildman–Crippen MR) is 148 cm³/mol. The monoisotopic (exact) mass is 513 g/mol. The lowest BCUT2D eigenvalue weighted by atomic mass is 9.77. The average molecular weight is 514 g/mol. The molecule has 0 bridgehead atoms. The van der Waals surface area contributed by atoms with E-state index >= 15 is 0 Å². The van der Waals surface area contributed by atoms with Gasteiger partial charge in [-0.2, -0.15) is 0 Å². The lowest BCUT2D eigenvalue weighted by Crippen LogP contribution is -2.46. The molecule has 7 nitrogen and oxygen atoms in total. The number of hydrogen-bond donors (Lipinski definition) is 2. The molecule has 1 aromatic rings. The third-order valence-electron chi connectivity index (χ3n) is 7.88. The molecule has 3 atom stereocenters. The van der Waals surface area contributed by atoms with Crippen molar-refractivity contribution in [3.8, 4) is 5.75 Å². The van der Waals surface area contributed by atoms with Gasteiger partial charge in [-0.1, -0.05) is 51.5 Å². The van der Waals surface area contributed by atoms with Gasteiger partial charge in [0.15, 0.2) is 0 Å². The molecular formula is C30H47N3O4. The second kappa shape index (κ2) is 13.4. The van der Waals surface area contributed by atoms with Gasteiger partial charge in [0.2, 0.25) is 5.91 Å². The Morgan fingerprint density at radius 2 is 2.00 bits per heavy atom. The van der Waals surface area contributed by atoms with E-state index in [-0.39, 0.29) is 29.8 Å². The van der Waals surface area contributed by atoms with Gasteiger partial charge in [0, 0.05) is 38.0 Å². The summed E-state index contributed by atoms with van der Waals surface area (Å²) in [4.78, 5) is 30.5. The predicted octanol–water partition coefficient (Wildman–Crippen LogP) is 4.45. The summed E-state index contributed by atoms with van der Waals surface area (Å²) in [5.74, 6) is -0.561. The molecule has 2 aliphatic heterocycles. The molecule has 0 radical (unpaired) electrons. The molecule has 1 amide bonds. The van der Waals surface area contributed by atoms with Crippen molar-refractivity contribution in [1.82, 2.24) is 9.80 Å². The Morgan fingerprint density at radius 3 is 2.68 bits per heavy atom. The largest absolute Gasteiger partial charge is 0.493 e. The first-order valence-corrected chi connectivity index (χ1v) is 14.0. The van der Waals surface area contributed by atoms with Crippen LogP contribution in [0, 0.1) is 11.3 Å². The summed E-state index contributed by atoms with van der Waals surface area (Å²) in [6, 6.07) is 5.89. The number of carboxylic acid groups (broad SMARTS) is 1. The number of nitrogens with zero attached hydrogens (tertiary/aromatic N) is 2. The minimum Gasteiger partial charge on any atom is -0.493 e. The lowest BCUT2D eigenvalue weighted by molar-refractivity contribution is -0.144. The van der Waals surface area contributed by atoms with E-state index in [4.69, 9.17) is 10.5 Å². The highest BCUT2D eigenvalue weighted by atomic mass is 16.5. The highest BCUT2D eigenvalue weighted by molar-refractivity contribution is 5.79. The number of hydrogen-bond acceptors (Lipinski definition) is 5. The zero-order valence-corrected chi connectivity index (χ0v) is 23.2. The molecule has 7 heteroatoms. The minimum absolute atomic E-state index is 0.0893. The van der Waals surface area contributed by atoms with E-state index in [0.717, 1.165) is 55.5 Å². The summed E-state index contributed by atoms with van der Waals surface area (Å²) in [6.45, 7) is 12.0. The molecule has 2 aliphatic rings. The van der Waals surface area contributed by atoms with Crippen molar-refractivity contribution in [1.29, 1.82) is 0 Å². The average Bonchev–Trinajstić information content (AvgIpc) is 3.45. The Kier molecular flexibility index (Phi) is 10.6. The number of amides is 1. The van der Waals surface area contributed by atoms with Crippen molar-refractivity contribution in [3.63, 3.8) is 0 Å². The van der Waals surface area contributed by atoms with Gasteiger partial charge in [0.05, 0.1) is 19.1 Å². The highest BCUT2D eigenvalue weighted by Gasteiger charge is 2.48. The van der Waals surface area contributed by atoms with E-state index in [2.05, 4.69) is 37.8 Å². The van der Waals surface area contributed by atoms with Crippen molar-refractivity contribution in [2.45, 2.75) is 78.2 Å². The first kappa shape index (κ1) is 29.2. The molecule has 1 fully saturated rings. The fraction of sp³-hybridized carbons (Fsp3) is 0.667. The zero-order valence-electron chi connectivity index (χ0n) is 23.2. The molecule has 3 unspecified atom stereocenters. The number of allylic oxidation sites excluding steroid dienone is 2. The number of nitrogens with two attached hydrogens (primary N) is 1. The van der Waals surface area contributed by atoms with E-state index in [9.17, 15) is 14.7 Å². The topological polar surface area (TPSA) is 96.1 Å². The summed E-state index contributed by atoms with van der Waals surface area (Å²) >= 11 is 0. The van der Waals surface area contributed by atoms with Gasteiger partial charge in [0.25, 0.3) is 0 Å². The van der Waals surface area contributed by atoms with Crippen LogP contribution in [0.5, 0.6) is 5.75 Å². The van der Waals surface area contributed by atoms with E-state index < -0.39 is 11.9 Å². The molecule has 3 N–H and O–H groups in total. The fourth-order valence-corrected chi connectivity index (χ4v) is 6.01. The summed E-state index contributed by atoms with van der Waals surface area (Å²) in [5, 5.41) is 10.5. The van der Waals surface area contributed by atoms with E-state index in [0.29, 0.717) is 32.7 Å². The van der Waals surface area contributed by atoms with Gasteiger partial charge < -0.3 is 20.5 Å². The van der Waals surface area contributed by atoms with Crippen LogP contribution in [0.1, 0.15) is 76.8 Å². The van der Waals surface area contributed by atoms with Crippen LogP contribution in [0.25, 0.3) is 0 Å². The van der Waals surface area contributed by atoms with Crippen molar-refractivity contribution in [3.05, 3.63) is 41.5 Å². The second-order valence-electron chi connectivity index (χ2n) is 11.4. The Hall–Kier alpha value is -2.38. The number of rotatable bonds is 14. The van der Waals surface area contributed by atoms with Crippen molar-refractivity contribution in [2.75, 3.05) is 39.3 Å². The van der Waals surface area contributed by atoms with Gasteiger partial charge in [-0.05, 0) is 61.8 Å². The van der Waals surface area contributed by atoms with Gasteiger partial charge >= 0.3 is 5.97 Å². The number of likely N-dealkylation sites (tertiary alicyclic amines) is 1. The molecule has 206 valence electrons. The maximum atomic E-state index is 13.6. The third kappa shape index (κ3) is 7.57. The first-order chi connectivity index (χ1) is 17.7. The second-order valence-corrected chi connectivity index (χ2v) is 11.4. The number of aliphatic carboxylic acids is 1. The van der Waals surface area contributed by atoms with Crippen LogP contribution in [-0.4, -0.2) is 72.2 Å². The summed E-state index contributed by atoms with van der Waals surface area (Å²) in [6.07, 6.45) is 9.47. The number of fused-ring (bicyclic) bond motifs is 1. The van der Waals surface area contributed by atoms with Crippen molar-refractivity contribution in [2.24, 2.45) is 17.1 Å². The number of ether oxygens (including phenoxy) is 1. The number of carbonyl (C=O) groups is 2. The SMILES string of the molecule is C/C=C/C(C)(C)CC1C(C(=O)O)C(c2ccc3c(c2)CCO3)CN1CC(=O)N(CCCC)CCCCN. The first-order valence-electron chi connectivity index (χ1n) is 14.0. The molecule has 2 heterocycles. The molecule has 37 heavy (non-hydrogen) atoms. The number of unbranched alkanes of at least 4 members (excludes halogenated alkanes) is 2. The molecule has 0 spiro atoms. The molecule has 1 saturated heterocycles. The quantitative estimate of drug-likeness (QED) is 0.282. The summed E-state index contributed by atoms with van der Waals surface area (Å²) in [7, 11) is 0. The van der Waals surface area contributed by atoms with Crippen LogP contribution in [0.3, 0.4) is 0 Å². The number of carboxylic acids is 1. The van der Waals surface area contributed by atoms with Crippen LogP contribution in [0.4, 0.5) is 0 Å². The minimum atomic E-state index is -0.788. The van der Waals surface area contributed by atoms with Crippen LogP contribution >= 0.6 is 0 Å². The lowest BCUT2D eigenvalue weighted by Gasteiger charge is -2.34. The highest BCUT2D eigenvalue weighted by Crippen LogP contribution is 2.43. The third-order valence-corrected chi connectivity index (χ3v) is 7.88. The zero-order chi connectivity index (χ0) is 27.0. The molecule has 3 rings (SSSR count). The van der Waals surface area contributed by atoms with Crippen LogP contribution in [0.2, 0.25) is 0 Å². The maximum Gasteiger partial charge on any atom is 0.308 e. The summed E-state index contributed by atoms with van der Waals surface area (Å²) in [5.41, 5.74) is 7.69. The number of benzene rings is 1. The maximum absolute atomic E-state index is 13.6. The van der Waals surface area contributed by atoms with Gasteiger partial charge in [-0.25, -0.2) is 0 Å². The smallest absolute Gasteiger partial charge is 0.308 e. The molecule has 0 saturated carbocycles.